The Morgan fingerprint density at radius 1 is 1.63 bits per heavy atom. The van der Waals surface area contributed by atoms with E-state index in [0.717, 1.165) is 4.88 Å². The van der Waals surface area contributed by atoms with Gasteiger partial charge in [0.2, 0.25) is 5.91 Å². The highest BCUT2D eigenvalue weighted by Gasteiger charge is 2.25. The maximum absolute atomic E-state index is 11.0. The number of amides is 1. The molecule has 0 saturated heterocycles. The molecule has 0 aromatic carbocycles. The molecule has 0 radical (unpaired) electrons. The van der Waals surface area contributed by atoms with Crippen molar-refractivity contribution < 1.29 is 14.3 Å². The van der Waals surface area contributed by atoms with Gasteiger partial charge in [-0.2, -0.15) is 0 Å². The first-order valence-electron chi connectivity index (χ1n) is 5.83. The van der Waals surface area contributed by atoms with E-state index in [9.17, 15) is 9.90 Å². The molecule has 2 heterocycles. The fraction of sp³-hybridized carbons (Fsp3) is 0.308. The minimum absolute atomic E-state index is 0.352. The van der Waals surface area contributed by atoms with E-state index in [2.05, 4.69) is 5.32 Å². The number of hydrogen-bond donors (Lipinski definition) is 3. The van der Waals surface area contributed by atoms with Crippen LogP contribution in [0.2, 0.25) is 0 Å². The molecule has 102 valence electrons. The van der Waals surface area contributed by atoms with Crippen molar-refractivity contribution >= 4 is 17.2 Å². The second-order valence-electron chi connectivity index (χ2n) is 4.52. The van der Waals surface area contributed by atoms with Gasteiger partial charge in [-0.1, -0.05) is 0 Å². The second kappa shape index (κ2) is 5.56. The quantitative estimate of drug-likeness (QED) is 0.747. The molecule has 0 saturated carbocycles. The van der Waals surface area contributed by atoms with Gasteiger partial charge in [0.05, 0.1) is 11.8 Å². The third-order valence-electron chi connectivity index (χ3n) is 2.76. The number of thiophene rings is 1. The molecule has 2 rings (SSSR count). The largest absolute Gasteiger partial charge is 0.466 e. The lowest BCUT2D eigenvalue weighted by molar-refractivity contribution is 0.0341. The van der Waals surface area contributed by atoms with Crippen molar-refractivity contribution in [2.75, 3.05) is 6.54 Å². The molecule has 0 bridgehead atoms. The van der Waals surface area contributed by atoms with Crippen LogP contribution in [0, 0.1) is 0 Å². The zero-order valence-corrected chi connectivity index (χ0v) is 11.4. The summed E-state index contributed by atoms with van der Waals surface area (Å²) >= 11 is 1.46. The van der Waals surface area contributed by atoms with Gasteiger partial charge in [0, 0.05) is 23.3 Å². The Kier molecular flexibility index (Phi) is 4.04. The molecule has 1 unspecified atom stereocenters. The fourth-order valence-electron chi connectivity index (χ4n) is 1.70. The first-order valence-corrected chi connectivity index (χ1v) is 6.71. The molecule has 2 aromatic rings. The van der Waals surface area contributed by atoms with E-state index < -0.39 is 11.5 Å². The smallest absolute Gasteiger partial charge is 0.249 e. The number of aliphatic hydroxyl groups is 1. The molecule has 1 amide bonds. The summed E-state index contributed by atoms with van der Waals surface area (Å²) in [6, 6.07) is 5.22. The van der Waals surface area contributed by atoms with Gasteiger partial charge in [0.25, 0.3) is 0 Å². The van der Waals surface area contributed by atoms with Crippen LogP contribution in [0.25, 0.3) is 0 Å². The summed E-state index contributed by atoms with van der Waals surface area (Å²) in [5.41, 5.74) is 4.64. The molecule has 0 aliphatic heterocycles. The lowest BCUT2D eigenvalue weighted by Gasteiger charge is -2.20. The first-order chi connectivity index (χ1) is 8.99. The van der Waals surface area contributed by atoms with Crippen molar-refractivity contribution in [3.05, 3.63) is 46.0 Å². The molecule has 4 N–H and O–H groups in total. The van der Waals surface area contributed by atoms with Crippen molar-refractivity contribution in [2.45, 2.75) is 19.1 Å². The second-order valence-corrected chi connectivity index (χ2v) is 5.52. The SMILES string of the molecule is CC(O)(CNCc1cc(C(N)=O)cs1)c1ccco1. The Hall–Kier alpha value is -1.63. The maximum atomic E-state index is 11.0. The Balaban J connectivity index is 1.87. The molecule has 2 aromatic heterocycles. The van der Waals surface area contributed by atoms with E-state index in [-0.39, 0.29) is 0 Å². The number of rotatable bonds is 6. The van der Waals surface area contributed by atoms with Crippen LogP contribution in [0.15, 0.2) is 34.3 Å². The van der Waals surface area contributed by atoms with Crippen LogP contribution in [-0.2, 0) is 12.1 Å². The monoisotopic (exact) mass is 280 g/mol. The van der Waals surface area contributed by atoms with Crippen LogP contribution in [0.4, 0.5) is 0 Å². The van der Waals surface area contributed by atoms with Crippen LogP contribution < -0.4 is 11.1 Å². The highest BCUT2D eigenvalue weighted by molar-refractivity contribution is 7.10. The summed E-state index contributed by atoms with van der Waals surface area (Å²) in [5, 5.41) is 15.1. The molecule has 6 heteroatoms. The maximum Gasteiger partial charge on any atom is 0.249 e. The Labute approximate surface area is 115 Å². The van der Waals surface area contributed by atoms with Gasteiger partial charge in [0.1, 0.15) is 11.4 Å². The Bertz CT molecular complexity index is 546. The third-order valence-corrected chi connectivity index (χ3v) is 3.70. The zero-order valence-electron chi connectivity index (χ0n) is 10.6. The lowest BCUT2D eigenvalue weighted by Crippen LogP contribution is -2.34. The molecule has 5 nitrogen and oxygen atoms in total. The highest BCUT2D eigenvalue weighted by atomic mass is 32.1. The molecule has 0 aliphatic carbocycles. The molecule has 0 spiro atoms. The van der Waals surface area contributed by atoms with Crippen LogP contribution >= 0.6 is 11.3 Å². The van der Waals surface area contributed by atoms with Crippen LogP contribution in [0.3, 0.4) is 0 Å². The number of primary amides is 1. The summed E-state index contributed by atoms with van der Waals surface area (Å²) < 4.78 is 5.19. The minimum Gasteiger partial charge on any atom is -0.466 e. The number of nitrogens with one attached hydrogen (secondary N) is 1. The van der Waals surface area contributed by atoms with E-state index in [1.165, 1.54) is 17.6 Å². The van der Waals surface area contributed by atoms with Crippen molar-refractivity contribution in [3.63, 3.8) is 0 Å². The summed E-state index contributed by atoms with van der Waals surface area (Å²) in [5.74, 6) is 0.0917. The molecule has 0 aliphatic rings. The molecular formula is C13H16N2O3S. The van der Waals surface area contributed by atoms with Gasteiger partial charge < -0.3 is 20.6 Å². The van der Waals surface area contributed by atoms with E-state index >= 15 is 0 Å². The summed E-state index contributed by atoms with van der Waals surface area (Å²) in [6.45, 7) is 2.60. The number of furan rings is 1. The van der Waals surface area contributed by atoms with E-state index in [1.807, 2.05) is 0 Å². The van der Waals surface area contributed by atoms with E-state index in [4.69, 9.17) is 10.2 Å². The van der Waals surface area contributed by atoms with Gasteiger partial charge >= 0.3 is 0 Å². The molecule has 1 atom stereocenters. The Morgan fingerprint density at radius 2 is 2.42 bits per heavy atom. The third kappa shape index (κ3) is 3.44. The van der Waals surface area contributed by atoms with Crippen LogP contribution in [0.5, 0.6) is 0 Å². The van der Waals surface area contributed by atoms with Crippen molar-refractivity contribution in [2.24, 2.45) is 5.73 Å². The average molecular weight is 280 g/mol. The van der Waals surface area contributed by atoms with Gasteiger partial charge in [-0.15, -0.1) is 11.3 Å². The topological polar surface area (TPSA) is 88.5 Å². The fourth-order valence-corrected chi connectivity index (χ4v) is 2.55. The van der Waals surface area contributed by atoms with Crippen LogP contribution in [-0.4, -0.2) is 17.6 Å². The molecule has 19 heavy (non-hydrogen) atoms. The summed E-state index contributed by atoms with van der Waals surface area (Å²) in [4.78, 5) is 11.9. The number of hydrogen-bond acceptors (Lipinski definition) is 5. The van der Waals surface area contributed by atoms with E-state index in [0.29, 0.717) is 24.4 Å². The van der Waals surface area contributed by atoms with Crippen molar-refractivity contribution in [1.82, 2.24) is 5.32 Å². The van der Waals surface area contributed by atoms with Gasteiger partial charge in [-0.05, 0) is 25.1 Å². The first kappa shape index (κ1) is 13.8. The normalized spacial score (nSPS) is 14.2. The van der Waals surface area contributed by atoms with Gasteiger partial charge in [-0.3, -0.25) is 4.79 Å². The standard InChI is InChI=1S/C13H16N2O3S/c1-13(17,11-3-2-4-18-11)8-15-6-10-5-9(7-19-10)12(14)16/h2-5,7,15,17H,6,8H2,1H3,(H2,14,16). The highest BCUT2D eigenvalue weighted by Crippen LogP contribution is 2.20. The minimum atomic E-state index is -1.06. The predicted molar refractivity (Wildman–Crippen MR) is 72.8 cm³/mol. The molecular weight excluding hydrogens is 264 g/mol. The lowest BCUT2D eigenvalue weighted by atomic mass is 10.0. The number of carbonyl (C=O) groups is 1. The number of carbonyl (C=O) groups excluding carboxylic acids is 1. The van der Waals surface area contributed by atoms with Crippen LogP contribution in [0.1, 0.15) is 27.9 Å². The molecule has 0 fully saturated rings. The van der Waals surface area contributed by atoms with E-state index in [1.54, 1.807) is 30.5 Å². The van der Waals surface area contributed by atoms with Gasteiger partial charge in [0.15, 0.2) is 0 Å². The van der Waals surface area contributed by atoms with Gasteiger partial charge in [-0.25, -0.2) is 0 Å². The predicted octanol–water partition coefficient (Wildman–Crippen LogP) is 1.44. The number of nitrogens with two attached hydrogens (primary N) is 1. The zero-order chi connectivity index (χ0) is 13.9. The van der Waals surface area contributed by atoms with Crippen molar-refractivity contribution in [3.8, 4) is 0 Å². The summed E-state index contributed by atoms with van der Waals surface area (Å²) in [6.07, 6.45) is 1.53. The average Bonchev–Trinajstić information content (AvgIpc) is 3.00. The van der Waals surface area contributed by atoms with Crippen molar-refractivity contribution in [1.29, 1.82) is 0 Å². The summed E-state index contributed by atoms with van der Waals surface area (Å²) in [7, 11) is 0. The Morgan fingerprint density at radius 3 is 3.00 bits per heavy atom.